The fourth-order valence-electron chi connectivity index (χ4n) is 1.66. The SMILES string of the molecule is Nc1ccc(F)c(C(=O)NCCOc2ccccc2)c1. The van der Waals surface area contributed by atoms with E-state index in [0.29, 0.717) is 12.3 Å². The van der Waals surface area contributed by atoms with Gasteiger partial charge in [-0.25, -0.2) is 4.39 Å². The molecule has 0 aliphatic rings. The van der Waals surface area contributed by atoms with Gasteiger partial charge in [0.25, 0.3) is 5.91 Å². The van der Waals surface area contributed by atoms with Gasteiger partial charge in [-0.3, -0.25) is 4.79 Å². The van der Waals surface area contributed by atoms with Crippen LogP contribution < -0.4 is 15.8 Å². The highest BCUT2D eigenvalue weighted by Crippen LogP contribution is 2.12. The molecule has 4 nitrogen and oxygen atoms in total. The molecule has 0 heterocycles. The van der Waals surface area contributed by atoms with Crippen LogP contribution in [0.4, 0.5) is 10.1 Å². The molecule has 2 aromatic rings. The number of hydrogen-bond donors (Lipinski definition) is 2. The van der Waals surface area contributed by atoms with E-state index >= 15 is 0 Å². The Kier molecular flexibility index (Phi) is 4.55. The van der Waals surface area contributed by atoms with Gasteiger partial charge in [0.15, 0.2) is 0 Å². The topological polar surface area (TPSA) is 64.4 Å². The minimum atomic E-state index is -0.597. The van der Waals surface area contributed by atoms with Gasteiger partial charge in [0.05, 0.1) is 12.1 Å². The first kappa shape index (κ1) is 13.9. The van der Waals surface area contributed by atoms with Crippen molar-refractivity contribution in [3.8, 4) is 5.75 Å². The van der Waals surface area contributed by atoms with E-state index in [0.717, 1.165) is 5.75 Å². The normalized spacial score (nSPS) is 10.1. The summed E-state index contributed by atoms with van der Waals surface area (Å²) in [7, 11) is 0. The average Bonchev–Trinajstić information content (AvgIpc) is 2.47. The Hall–Kier alpha value is -2.56. The fourth-order valence-corrected chi connectivity index (χ4v) is 1.66. The minimum absolute atomic E-state index is 0.0651. The number of anilines is 1. The van der Waals surface area contributed by atoms with Gasteiger partial charge in [0.2, 0.25) is 0 Å². The summed E-state index contributed by atoms with van der Waals surface area (Å²) in [6.07, 6.45) is 0. The van der Waals surface area contributed by atoms with Crippen molar-refractivity contribution in [1.82, 2.24) is 5.32 Å². The number of carbonyl (C=O) groups is 1. The summed E-state index contributed by atoms with van der Waals surface area (Å²) in [5, 5.41) is 2.58. The molecule has 0 unspecified atom stereocenters. The van der Waals surface area contributed by atoms with Crippen LogP contribution in [0.25, 0.3) is 0 Å². The molecule has 2 rings (SSSR count). The molecule has 104 valence electrons. The first-order chi connectivity index (χ1) is 9.66. The highest BCUT2D eigenvalue weighted by atomic mass is 19.1. The van der Waals surface area contributed by atoms with Crippen molar-refractivity contribution in [3.05, 3.63) is 59.9 Å². The summed E-state index contributed by atoms with van der Waals surface area (Å²) in [6.45, 7) is 0.585. The lowest BCUT2D eigenvalue weighted by molar-refractivity contribution is 0.0943. The Morgan fingerprint density at radius 2 is 1.95 bits per heavy atom. The third kappa shape index (κ3) is 3.71. The summed E-state index contributed by atoms with van der Waals surface area (Å²) in [6, 6.07) is 13.1. The van der Waals surface area contributed by atoms with Crippen LogP contribution in [0, 0.1) is 5.82 Å². The Morgan fingerprint density at radius 1 is 1.20 bits per heavy atom. The van der Waals surface area contributed by atoms with Crippen molar-refractivity contribution in [2.45, 2.75) is 0 Å². The number of benzene rings is 2. The summed E-state index contributed by atoms with van der Waals surface area (Å²) in [4.78, 5) is 11.8. The van der Waals surface area contributed by atoms with Gasteiger partial charge >= 0.3 is 0 Å². The van der Waals surface area contributed by atoms with Crippen LogP contribution in [0.1, 0.15) is 10.4 Å². The molecule has 0 saturated heterocycles. The maximum absolute atomic E-state index is 13.4. The van der Waals surface area contributed by atoms with Crippen LogP contribution in [0.15, 0.2) is 48.5 Å². The zero-order chi connectivity index (χ0) is 14.4. The second-order valence-corrected chi connectivity index (χ2v) is 4.16. The Labute approximate surface area is 116 Å². The third-order valence-corrected chi connectivity index (χ3v) is 2.63. The predicted molar refractivity (Wildman–Crippen MR) is 75.1 cm³/mol. The lowest BCUT2D eigenvalue weighted by Crippen LogP contribution is -2.28. The van der Waals surface area contributed by atoms with Crippen molar-refractivity contribution >= 4 is 11.6 Å². The number of para-hydroxylation sites is 1. The minimum Gasteiger partial charge on any atom is -0.492 e. The molecule has 0 aromatic heterocycles. The molecule has 0 aliphatic heterocycles. The number of ether oxygens (including phenoxy) is 1. The molecule has 0 aliphatic carbocycles. The van der Waals surface area contributed by atoms with Gasteiger partial charge in [0, 0.05) is 5.69 Å². The van der Waals surface area contributed by atoms with Crippen LogP contribution in [0.3, 0.4) is 0 Å². The zero-order valence-electron chi connectivity index (χ0n) is 10.8. The van der Waals surface area contributed by atoms with Gasteiger partial charge in [-0.1, -0.05) is 18.2 Å². The second kappa shape index (κ2) is 6.56. The summed E-state index contributed by atoms with van der Waals surface area (Å²) in [5.41, 5.74) is 5.80. The number of nitrogen functional groups attached to an aromatic ring is 1. The molecule has 0 atom stereocenters. The maximum Gasteiger partial charge on any atom is 0.254 e. The molecular formula is C15H15FN2O2. The van der Waals surface area contributed by atoms with Crippen LogP contribution in [-0.4, -0.2) is 19.1 Å². The lowest BCUT2D eigenvalue weighted by atomic mass is 10.2. The number of nitrogens with one attached hydrogen (secondary N) is 1. The van der Waals surface area contributed by atoms with Crippen molar-refractivity contribution in [1.29, 1.82) is 0 Å². The highest BCUT2D eigenvalue weighted by Gasteiger charge is 2.11. The van der Waals surface area contributed by atoms with E-state index in [-0.39, 0.29) is 12.1 Å². The first-order valence-corrected chi connectivity index (χ1v) is 6.18. The molecule has 5 heteroatoms. The molecule has 0 bridgehead atoms. The fraction of sp³-hybridized carbons (Fsp3) is 0.133. The maximum atomic E-state index is 13.4. The second-order valence-electron chi connectivity index (χ2n) is 4.16. The van der Waals surface area contributed by atoms with Crippen molar-refractivity contribution in [2.24, 2.45) is 0 Å². The smallest absolute Gasteiger partial charge is 0.254 e. The summed E-state index contributed by atoms with van der Waals surface area (Å²) >= 11 is 0. The van der Waals surface area contributed by atoms with Crippen molar-refractivity contribution in [2.75, 3.05) is 18.9 Å². The van der Waals surface area contributed by atoms with Crippen LogP contribution in [0.2, 0.25) is 0 Å². The molecule has 20 heavy (non-hydrogen) atoms. The lowest BCUT2D eigenvalue weighted by Gasteiger charge is -2.08. The number of carbonyl (C=O) groups excluding carboxylic acids is 1. The van der Waals surface area contributed by atoms with Crippen LogP contribution in [0.5, 0.6) is 5.75 Å². The number of rotatable bonds is 5. The Morgan fingerprint density at radius 3 is 2.70 bits per heavy atom. The highest BCUT2D eigenvalue weighted by molar-refractivity contribution is 5.95. The predicted octanol–water partition coefficient (Wildman–Crippen LogP) is 2.22. The van der Waals surface area contributed by atoms with E-state index in [9.17, 15) is 9.18 Å². The molecule has 0 saturated carbocycles. The average molecular weight is 274 g/mol. The van der Waals surface area contributed by atoms with Gasteiger partial charge in [-0.2, -0.15) is 0 Å². The number of amides is 1. The monoisotopic (exact) mass is 274 g/mol. The van der Waals surface area contributed by atoms with Gasteiger partial charge < -0.3 is 15.8 Å². The van der Waals surface area contributed by atoms with E-state index in [1.54, 1.807) is 0 Å². The first-order valence-electron chi connectivity index (χ1n) is 6.18. The molecule has 3 N–H and O–H groups in total. The summed E-state index contributed by atoms with van der Waals surface area (Å²) in [5.74, 6) is -0.385. The van der Waals surface area contributed by atoms with E-state index < -0.39 is 11.7 Å². The summed E-state index contributed by atoms with van der Waals surface area (Å²) < 4.78 is 18.9. The van der Waals surface area contributed by atoms with Gasteiger partial charge in [0.1, 0.15) is 18.2 Å². The molecule has 0 fully saturated rings. The van der Waals surface area contributed by atoms with Gasteiger partial charge in [-0.05, 0) is 30.3 Å². The van der Waals surface area contributed by atoms with E-state index in [1.807, 2.05) is 30.3 Å². The zero-order valence-corrected chi connectivity index (χ0v) is 10.8. The Balaban J connectivity index is 1.82. The van der Waals surface area contributed by atoms with Gasteiger partial charge in [-0.15, -0.1) is 0 Å². The van der Waals surface area contributed by atoms with Crippen LogP contribution >= 0.6 is 0 Å². The number of halogens is 1. The quantitative estimate of drug-likeness (QED) is 0.649. The number of hydrogen-bond acceptors (Lipinski definition) is 3. The van der Waals surface area contributed by atoms with Crippen molar-refractivity contribution in [3.63, 3.8) is 0 Å². The molecule has 0 radical (unpaired) electrons. The van der Waals surface area contributed by atoms with E-state index in [4.69, 9.17) is 10.5 Å². The third-order valence-electron chi connectivity index (χ3n) is 2.63. The Bertz CT molecular complexity index is 588. The van der Waals surface area contributed by atoms with E-state index in [1.165, 1.54) is 18.2 Å². The largest absolute Gasteiger partial charge is 0.492 e. The molecule has 2 aromatic carbocycles. The molecular weight excluding hydrogens is 259 g/mol. The van der Waals surface area contributed by atoms with Crippen molar-refractivity contribution < 1.29 is 13.9 Å². The van der Waals surface area contributed by atoms with Crippen LogP contribution in [-0.2, 0) is 0 Å². The standard InChI is InChI=1S/C15H15FN2O2/c16-14-7-6-11(17)10-13(14)15(19)18-8-9-20-12-4-2-1-3-5-12/h1-7,10H,8-9,17H2,(H,18,19). The van der Waals surface area contributed by atoms with E-state index in [2.05, 4.69) is 5.32 Å². The molecule has 1 amide bonds. The number of nitrogens with two attached hydrogens (primary N) is 1. The molecule has 0 spiro atoms.